The number of benzene rings is 2. The number of carbonyl (C=O) groups is 2. The molecule has 1 amide bonds. The normalized spacial score (nSPS) is 15.7. The van der Waals surface area contributed by atoms with Gasteiger partial charge in [-0.1, -0.05) is 72.5 Å². The van der Waals surface area contributed by atoms with Crippen LogP contribution in [0.4, 0.5) is 0 Å². The number of thiocarbonyl (C=S) groups is 1. The molecule has 1 aliphatic heterocycles. The van der Waals surface area contributed by atoms with Gasteiger partial charge >= 0.3 is 0 Å². The van der Waals surface area contributed by atoms with Crippen molar-refractivity contribution in [2.75, 3.05) is 6.54 Å². The monoisotopic (exact) mass is 451 g/mol. The molecule has 0 saturated carbocycles. The molecule has 1 aliphatic rings. The molecule has 0 bridgehead atoms. The fourth-order valence-electron chi connectivity index (χ4n) is 3.27. The van der Waals surface area contributed by atoms with Gasteiger partial charge in [0, 0.05) is 19.4 Å². The highest BCUT2D eigenvalue weighted by atomic mass is 32.2. The van der Waals surface area contributed by atoms with E-state index in [1.54, 1.807) is 17.0 Å². The van der Waals surface area contributed by atoms with Gasteiger partial charge in [0.05, 0.1) is 4.91 Å². The minimum atomic E-state index is -0.105. The molecule has 31 heavy (non-hydrogen) atoms. The summed E-state index contributed by atoms with van der Waals surface area (Å²) in [6.45, 7) is 4.20. The number of amides is 1. The van der Waals surface area contributed by atoms with Gasteiger partial charge in [-0.2, -0.15) is 0 Å². The van der Waals surface area contributed by atoms with Crippen LogP contribution in [0, 0.1) is 6.92 Å². The Morgan fingerprint density at radius 3 is 2.65 bits per heavy atom. The molecule has 3 rings (SSSR count). The Labute approximate surface area is 192 Å². The topological polar surface area (TPSA) is 57.6 Å². The summed E-state index contributed by atoms with van der Waals surface area (Å²) in [5.41, 5.74) is 3.63. The summed E-state index contributed by atoms with van der Waals surface area (Å²) in [5, 5.41) is 9.78. The van der Waals surface area contributed by atoms with Gasteiger partial charge in [0.1, 0.15) is 15.9 Å². The van der Waals surface area contributed by atoms with Crippen LogP contribution in [0.25, 0.3) is 6.08 Å². The number of Topliss-reactive ketones (excluding diaryl/α,β-unsaturated/α-hetero) is 1. The maximum Gasteiger partial charge on any atom is 0.266 e. The molecule has 1 saturated heterocycles. The standard InChI is InChI=1S/C25H25NO3S2/c1-17(13-19-7-4-3-5-8-19)14-23-24(29)26(25(30)31-23)12-6-9-21(27)15-20-11-10-18(2)22(28)16-20/h3-5,7-8,10-11,13-14,16,28H,6,9,12,15H2,1-2H3/b17-13+,23-14-. The number of phenolic OH excluding ortho intramolecular Hbond substituents is 1. The van der Waals surface area contributed by atoms with Gasteiger partial charge in [-0.25, -0.2) is 0 Å². The molecule has 0 spiro atoms. The first kappa shape index (κ1) is 23.0. The van der Waals surface area contributed by atoms with E-state index in [0.717, 1.165) is 22.3 Å². The van der Waals surface area contributed by atoms with Crippen molar-refractivity contribution in [3.8, 4) is 5.75 Å². The highest BCUT2D eigenvalue weighted by Crippen LogP contribution is 2.32. The zero-order valence-corrected chi connectivity index (χ0v) is 19.3. The summed E-state index contributed by atoms with van der Waals surface area (Å²) >= 11 is 6.68. The summed E-state index contributed by atoms with van der Waals surface area (Å²) < 4.78 is 0.527. The van der Waals surface area contributed by atoms with E-state index < -0.39 is 0 Å². The van der Waals surface area contributed by atoms with Crippen LogP contribution < -0.4 is 0 Å². The zero-order chi connectivity index (χ0) is 22.4. The minimum Gasteiger partial charge on any atom is -0.508 e. The van der Waals surface area contributed by atoms with Gasteiger partial charge in [0.2, 0.25) is 0 Å². The number of ketones is 1. The Hall–Kier alpha value is -2.70. The Morgan fingerprint density at radius 2 is 1.94 bits per heavy atom. The second-order valence-electron chi connectivity index (χ2n) is 7.57. The number of phenols is 1. The van der Waals surface area contributed by atoms with E-state index >= 15 is 0 Å². The van der Waals surface area contributed by atoms with Crippen molar-refractivity contribution in [2.45, 2.75) is 33.1 Å². The molecule has 6 heteroatoms. The van der Waals surface area contributed by atoms with Crippen molar-refractivity contribution < 1.29 is 14.7 Å². The van der Waals surface area contributed by atoms with E-state index in [1.807, 2.05) is 62.4 Å². The largest absolute Gasteiger partial charge is 0.508 e. The lowest BCUT2D eigenvalue weighted by molar-refractivity contribution is -0.123. The molecule has 2 aromatic carbocycles. The molecule has 0 unspecified atom stereocenters. The lowest BCUT2D eigenvalue weighted by Gasteiger charge is -2.13. The van der Waals surface area contributed by atoms with Gasteiger partial charge in [0.25, 0.3) is 5.91 Å². The number of hydrogen-bond donors (Lipinski definition) is 1. The van der Waals surface area contributed by atoms with Gasteiger partial charge in [-0.3, -0.25) is 14.5 Å². The van der Waals surface area contributed by atoms with Crippen LogP contribution in [0.5, 0.6) is 5.75 Å². The number of carbonyl (C=O) groups excluding carboxylic acids is 2. The Kier molecular flexibility index (Phi) is 7.82. The van der Waals surface area contributed by atoms with Crippen molar-refractivity contribution in [3.05, 3.63) is 81.8 Å². The number of thioether (sulfide) groups is 1. The summed E-state index contributed by atoms with van der Waals surface area (Å²) in [6.07, 6.45) is 5.07. The number of aromatic hydroxyl groups is 1. The second kappa shape index (κ2) is 10.6. The third kappa shape index (κ3) is 6.39. The molecule has 2 aromatic rings. The van der Waals surface area contributed by atoms with E-state index in [1.165, 1.54) is 11.8 Å². The van der Waals surface area contributed by atoms with Crippen LogP contribution in [0.15, 0.2) is 65.1 Å². The molecule has 4 nitrogen and oxygen atoms in total. The van der Waals surface area contributed by atoms with Crippen molar-refractivity contribution in [3.63, 3.8) is 0 Å². The first-order valence-corrected chi connectivity index (χ1v) is 11.3. The van der Waals surface area contributed by atoms with E-state index in [2.05, 4.69) is 0 Å². The Bertz CT molecular complexity index is 1060. The maximum atomic E-state index is 12.7. The smallest absolute Gasteiger partial charge is 0.266 e. The predicted octanol–water partition coefficient (Wildman–Crippen LogP) is 5.44. The van der Waals surface area contributed by atoms with Crippen LogP contribution in [-0.2, 0) is 16.0 Å². The fraction of sp³-hybridized carbons (Fsp3) is 0.240. The van der Waals surface area contributed by atoms with Crippen LogP contribution in [0.3, 0.4) is 0 Å². The Morgan fingerprint density at radius 1 is 1.19 bits per heavy atom. The van der Waals surface area contributed by atoms with Crippen LogP contribution >= 0.6 is 24.0 Å². The second-order valence-corrected chi connectivity index (χ2v) is 9.25. The molecule has 0 aromatic heterocycles. The van der Waals surface area contributed by atoms with Crippen LogP contribution in [-0.4, -0.2) is 32.6 Å². The first-order valence-electron chi connectivity index (χ1n) is 10.1. The number of rotatable bonds is 8. The van der Waals surface area contributed by atoms with Crippen LogP contribution in [0.1, 0.15) is 36.5 Å². The van der Waals surface area contributed by atoms with Crippen molar-refractivity contribution in [2.24, 2.45) is 0 Å². The molecular weight excluding hydrogens is 426 g/mol. The van der Waals surface area contributed by atoms with Crippen molar-refractivity contribution in [1.82, 2.24) is 4.90 Å². The SMILES string of the molecule is CC(/C=C1\SC(=S)N(CCCC(=O)Cc2ccc(C)c(O)c2)C1=O)=C\c1ccccc1. The molecule has 1 fully saturated rings. The molecule has 0 aliphatic carbocycles. The van der Waals surface area contributed by atoms with E-state index in [9.17, 15) is 14.7 Å². The Balaban J connectivity index is 1.53. The first-order chi connectivity index (χ1) is 14.8. The van der Waals surface area contributed by atoms with Gasteiger partial charge < -0.3 is 5.11 Å². The number of hydrogen-bond acceptors (Lipinski definition) is 5. The molecule has 160 valence electrons. The third-order valence-electron chi connectivity index (χ3n) is 4.94. The molecule has 1 heterocycles. The van der Waals surface area contributed by atoms with E-state index in [0.29, 0.717) is 28.6 Å². The lowest BCUT2D eigenvalue weighted by atomic mass is 10.0. The molecule has 1 N–H and O–H groups in total. The van der Waals surface area contributed by atoms with Gasteiger partial charge in [0.15, 0.2) is 0 Å². The third-order valence-corrected chi connectivity index (χ3v) is 6.32. The maximum absolute atomic E-state index is 12.7. The van der Waals surface area contributed by atoms with Gasteiger partial charge in [-0.05, 0) is 54.7 Å². The minimum absolute atomic E-state index is 0.0749. The average molecular weight is 452 g/mol. The highest BCUT2D eigenvalue weighted by Gasteiger charge is 2.31. The summed E-state index contributed by atoms with van der Waals surface area (Å²) in [5.74, 6) is 0.170. The summed E-state index contributed by atoms with van der Waals surface area (Å²) in [4.78, 5) is 27.2. The van der Waals surface area contributed by atoms with Crippen molar-refractivity contribution in [1.29, 1.82) is 0 Å². The summed E-state index contributed by atoms with van der Waals surface area (Å²) in [6, 6.07) is 15.2. The molecular formula is C25H25NO3S2. The average Bonchev–Trinajstić information content (AvgIpc) is 2.98. The lowest BCUT2D eigenvalue weighted by Crippen LogP contribution is -2.29. The number of allylic oxidation sites excluding steroid dienone is 2. The number of aryl methyl sites for hydroxylation is 1. The van der Waals surface area contributed by atoms with E-state index in [-0.39, 0.29) is 23.9 Å². The fourth-order valence-corrected chi connectivity index (χ4v) is 4.63. The van der Waals surface area contributed by atoms with Crippen LogP contribution in [0.2, 0.25) is 0 Å². The molecule has 0 atom stereocenters. The highest BCUT2D eigenvalue weighted by molar-refractivity contribution is 8.26. The summed E-state index contributed by atoms with van der Waals surface area (Å²) in [7, 11) is 0. The predicted molar refractivity (Wildman–Crippen MR) is 131 cm³/mol. The number of nitrogens with zero attached hydrogens (tertiary/aromatic N) is 1. The van der Waals surface area contributed by atoms with Gasteiger partial charge in [-0.15, -0.1) is 0 Å². The van der Waals surface area contributed by atoms with Crippen molar-refractivity contribution >= 4 is 46.1 Å². The zero-order valence-electron chi connectivity index (χ0n) is 17.6. The quantitative estimate of drug-likeness (QED) is 0.428. The molecule has 0 radical (unpaired) electrons. The van der Waals surface area contributed by atoms with E-state index in [4.69, 9.17) is 12.2 Å².